The summed E-state index contributed by atoms with van der Waals surface area (Å²) in [6.07, 6.45) is -4.22. The molecule has 2 aromatic rings. The molecule has 0 saturated carbocycles. The van der Waals surface area contributed by atoms with Gasteiger partial charge in [-0.15, -0.1) is 0 Å². The van der Waals surface area contributed by atoms with E-state index in [0.717, 1.165) is 6.07 Å². The van der Waals surface area contributed by atoms with Crippen LogP contribution in [0.15, 0.2) is 34.8 Å². The summed E-state index contributed by atoms with van der Waals surface area (Å²) in [5.41, 5.74) is -0.524. The molecule has 0 fully saturated rings. The molecule has 122 valence electrons. The smallest absolute Gasteiger partial charge is 0.417 e. The van der Waals surface area contributed by atoms with E-state index in [2.05, 4.69) is 15.9 Å². The van der Waals surface area contributed by atoms with Crippen molar-refractivity contribution in [3.05, 3.63) is 56.5 Å². The van der Waals surface area contributed by atoms with E-state index in [9.17, 15) is 23.1 Å². The summed E-state index contributed by atoms with van der Waals surface area (Å²) in [6.45, 7) is 1.77. The lowest BCUT2D eigenvalue weighted by molar-refractivity contribution is -0.254. The lowest BCUT2D eigenvalue weighted by Crippen LogP contribution is -2.23. The molecule has 2 nitrogen and oxygen atoms in total. The highest BCUT2D eigenvalue weighted by Gasteiger charge is 2.35. The number of rotatable bonds is 3. The Balaban J connectivity index is 2.90. The molecule has 0 radical (unpaired) electrons. The van der Waals surface area contributed by atoms with Crippen LogP contribution in [0.4, 0.5) is 13.2 Å². The number of carboxylic acid groups (broad SMARTS) is 1. The van der Waals surface area contributed by atoms with E-state index in [-0.39, 0.29) is 21.2 Å². The number of alkyl halides is 3. The summed E-state index contributed by atoms with van der Waals surface area (Å²) >= 11 is 9.14. The van der Waals surface area contributed by atoms with Crippen LogP contribution >= 0.6 is 27.5 Å². The number of carbonyl (C=O) groups is 1. The van der Waals surface area contributed by atoms with Crippen LogP contribution in [0.25, 0.3) is 11.1 Å². The second-order valence-corrected chi connectivity index (χ2v) is 5.99. The van der Waals surface area contributed by atoms with Gasteiger partial charge < -0.3 is 9.90 Å². The van der Waals surface area contributed by atoms with Gasteiger partial charge in [-0.2, -0.15) is 13.2 Å². The van der Waals surface area contributed by atoms with Gasteiger partial charge in [-0.3, -0.25) is 0 Å². The minimum Gasteiger partial charge on any atom is -0.545 e. The molecule has 0 bridgehead atoms. The number of carbonyl (C=O) groups excluding carboxylic acids is 1. The van der Waals surface area contributed by atoms with Crippen molar-refractivity contribution < 1.29 is 23.1 Å². The normalized spacial score (nSPS) is 11.6. The maximum Gasteiger partial charge on any atom is 0.417 e. The molecule has 0 atom stereocenters. The zero-order valence-electron chi connectivity index (χ0n) is 11.8. The molecule has 0 amide bonds. The Kier molecular flexibility index (Phi) is 5.06. The van der Waals surface area contributed by atoms with E-state index >= 15 is 0 Å². The van der Waals surface area contributed by atoms with Gasteiger partial charge in [0, 0.05) is 15.6 Å². The number of hydrogen-bond donors (Lipinski definition) is 0. The first kappa shape index (κ1) is 17.8. The number of aryl methyl sites for hydroxylation is 1. The summed E-state index contributed by atoms with van der Waals surface area (Å²) in [7, 11) is 0. The lowest BCUT2D eigenvalue weighted by atomic mass is 9.92. The van der Waals surface area contributed by atoms with Crippen LogP contribution in [-0.4, -0.2) is 5.97 Å². The third-order valence-corrected chi connectivity index (χ3v) is 4.45. The van der Waals surface area contributed by atoms with Gasteiger partial charge in [0.1, 0.15) is 0 Å². The van der Waals surface area contributed by atoms with E-state index in [4.69, 9.17) is 11.6 Å². The number of hydrogen-bond acceptors (Lipinski definition) is 2. The largest absolute Gasteiger partial charge is 0.545 e. The standard InChI is InChI=1S/C16H11BrClF3O2/c1-2-8-4-3-5-9(15(22)23)12(8)13-11(17)7-6-10(14(13)18)16(19,20)21/h3-7H,2H2,1H3,(H,22,23)/p-1. The number of benzene rings is 2. The van der Waals surface area contributed by atoms with Gasteiger partial charge in [-0.25, -0.2) is 0 Å². The minimum absolute atomic E-state index is 0.00172. The second kappa shape index (κ2) is 6.53. The van der Waals surface area contributed by atoms with Gasteiger partial charge in [-0.1, -0.05) is 52.7 Å². The van der Waals surface area contributed by atoms with E-state index in [1.807, 2.05) is 0 Å². The fourth-order valence-electron chi connectivity index (χ4n) is 2.36. The van der Waals surface area contributed by atoms with Crippen molar-refractivity contribution in [1.29, 1.82) is 0 Å². The lowest BCUT2D eigenvalue weighted by Gasteiger charge is -2.20. The van der Waals surface area contributed by atoms with Crippen molar-refractivity contribution in [2.24, 2.45) is 0 Å². The van der Waals surface area contributed by atoms with Crippen LogP contribution in [0.1, 0.15) is 28.4 Å². The van der Waals surface area contributed by atoms with E-state index in [1.165, 1.54) is 18.2 Å². The van der Waals surface area contributed by atoms with Crippen LogP contribution in [0.2, 0.25) is 5.02 Å². The van der Waals surface area contributed by atoms with Gasteiger partial charge in [-0.05, 0) is 29.7 Å². The Labute approximate surface area is 144 Å². The molecule has 0 aromatic heterocycles. The van der Waals surface area contributed by atoms with Crippen molar-refractivity contribution in [2.45, 2.75) is 19.5 Å². The zero-order valence-corrected chi connectivity index (χ0v) is 14.1. The van der Waals surface area contributed by atoms with Crippen LogP contribution in [0.3, 0.4) is 0 Å². The average Bonchev–Trinajstić information content (AvgIpc) is 2.45. The van der Waals surface area contributed by atoms with Crippen molar-refractivity contribution in [2.75, 3.05) is 0 Å². The molecule has 0 spiro atoms. The number of carboxylic acids is 1. The van der Waals surface area contributed by atoms with E-state index < -0.39 is 22.7 Å². The molecular weight excluding hydrogens is 397 g/mol. The Hall–Kier alpha value is -1.53. The molecule has 0 heterocycles. The first-order valence-corrected chi connectivity index (χ1v) is 7.74. The molecule has 23 heavy (non-hydrogen) atoms. The fraction of sp³-hybridized carbons (Fsp3) is 0.188. The molecular formula is C16H10BrClF3O2-. The third kappa shape index (κ3) is 3.38. The van der Waals surface area contributed by atoms with Gasteiger partial charge in [0.05, 0.1) is 16.6 Å². The maximum atomic E-state index is 13.1. The molecule has 0 saturated heterocycles. The van der Waals surface area contributed by atoms with Crippen LogP contribution < -0.4 is 5.11 Å². The molecule has 2 aromatic carbocycles. The van der Waals surface area contributed by atoms with E-state index in [1.54, 1.807) is 13.0 Å². The SMILES string of the molecule is CCc1cccc(C(=O)[O-])c1-c1c(Br)ccc(C(F)(F)F)c1Cl. The third-order valence-electron chi connectivity index (χ3n) is 3.40. The molecule has 0 aliphatic heterocycles. The maximum absolute atomic E-state index is 13.1. The van der Waals surface area contributed by atoms with Gasteiger partial charge in [0.15, 0.2) is 0 Å². The van der Waals surface area contributed by atoms with Gasteiger partial charge >= 0.3 is 6.18 Å². The fourth-order valence-corrected chi connectivity index (χ4v) is 3.37. The van der Waals surface area contributed by atoms with Crippen molar-refractivity contribution >= 4 is 33.5 Å². The molecule has 7 heteroatoms. The van der Waals surface area contributed by atoms with Crippen LogP contribution in [0.5, 0.6) is 0 Å². The molecule has 0 unspecified atom stereocenters. The highest BCUT2D eigenvalue weighted by molar-refractivity contribution is 9.10. The van der Waals surface area contributed by atoms with Crippen molar-refractivity contribution in [3.63, 3.8) is 0 Å². The van der Waals surface area contributed by atoms with Gasteiger partial charge in [0.2, 0.25) is 0 Å². The Morgan fingerprint density at radius 1 is 1.22 bits per heavy atom. The summed E-state index contributed by atoms with van der Waals surface area (Å²) in [5, 5.41) is 10.8. The second-order valence-electron chi connectivity index (χ2n) is 4.76. The summed E-state index contributed by atoms with van der Waals surface area (Å²) in [5.74, 6) is -1.48. The van der Waals surface area contributed by atoms with Crippen LogP contribution in [0, 0.1) is 0 Å². The van der Waals surface area contributed by atoms with E-state index in [0.29, 0.717) is 12.0 Å². The monoisotopic (exact) mass is 405 g/mol. The van der Waals surface area contributed by atoms with Gasteiger partial charge in [0.25, 0.3) is 0 Å². The minimum atomic E-state index is -4.64. The molecule has 0 aliphatic carbocycles. The molecule has 0 aliphatic rings. The molecule has 2 rings (SSSR count). The number of aromatic carboxylic acids is 1. The topological polar surface area (TPSA) is 40.1 Å². The van der Waals surface area contributed by atoms with Crippen LogP contribution in [-0.2, 0) is 12.6 Å². The average molecular weight is 407 g/mol. The van der Waals surface area contributed by atoms with Crippen molar-refractivity contribution in [3.8, 4) is 11.1 Å². The number of halogens is 5. The predicted molar refractivity (Wildman–Crippen MR) is 83.3 cm³/mol. The summed E-state index contributed by atoms with van der Waals surface area (Å²) < 4.78 is 39.5. The summed E-state index contributed by atoms with van der Waals surface area (Å²) in [4.78, 5) is 11.4. The molecule has 0 N–H and O–H groups in total. The highest BCUT2D eigenvalue weighted by Crippen LogP contribution is 2.45. The van der Waals surface area contributed by atoms with Crippen molar-refractivity contribution in [1.82, 2.24) is 0 Å². The Morgan fingerprint density at radius 3 is 2.39 bits per heavy atom. The Morgan fingerprint density at radius 2 is 1.87 bits per heavy atom. The highest BCUT2D eigenvalue weighted by atomic mass is 79.9. The Bertz CT molecular complexity index is 773. The predicted octanol–water partition coefficient (Wildman–Crippen LogP) is 4.71. The quantitative estimate of drug-likeness (QED) is 0.740. The first-order valence-electron chi connectivity index (χ1n) is 6.57. The first-order chi connectivity index (χ1) is 10.7. The zero-order chi connectivity index (χ0) is 17.4. The summed E-state index contributed by atoms with van der Waals surface area (Å²) in [6, 6.07) is 6.50.